The number of hydrogen-bond acceptors (Lipinski definition) is 4. The Kier molecular flexibility index (Phi) is 8.75. The smallest absolute Gasteiger partial charge is 0.328 e. The summed E-state index contributed by atoms with van der Waals surface area (Å²) >= 11 is 0. The molecular weight excluding hydrogens is 296 g/mol. The van der Waals surface area contributed by atoms with Gasteiger partial charge in [-0.25, -0.2) is 9.59 Å². The molecule has 0 saturated heterocycles. The molecule has 2 amide bonds. The summed E-state index contributed by atoms with van der Waals surface area (Å²) in [5.74, 6) is -0.466. The number of urea groups is 1. The van der Waals surface area contributed by atoms with Crippen LogP contribution in [0.2, 0.25) is 0 Å². The lowest BCUT2D eigenvalue weighted by Gasteiger charge is -2.17. The largest absolute Gasteiger partial charge is 0.467 e. The Hall–Kier alpha value is -2.08. The number of benzene rings is 1. The van der Waals surface area contributed by atoms with E-state index in [1.54, 1.807) is 0 Å². The maximum absolute atomic E-state index is 11.9. The number of methoxy groups -OCH3 is 1. The summed E-state index contributed by atoms with van der Waals surface area (Å²) in [6.07, 6.45) is 1.28. The average Bonchev–Trinajstić information content (AvgIpc) is 2.53. The first-order valence-corrected chi connectivity index (χ1v) is 7.80. The van der Waals surface area contributed by atoms with Crippen molar-refractivity contribution in [3.05, 3.63) is 35.9 Å². The Labute approximate surface area is 137 Å². The predicted octanol–water partition coefficient (Wildman–Crippen LogP) is 1.89. The fraction of sp³-hybridized carbons (Fsp3) is 0.529. The van der Waals surface area contributed by atoms with E-state index in [4.69, 9.17) is 9.47 Å². The van der Waals surface area contributed by atoms with E-state index in [9.17, 15) is 9.59 Å². The molecule has 0 unspecified atom stereocenters. The normalized spacial score (nSPS) is 11.8. The van der Waals surface area contributed by atoms with Crippen molar-refractivity contribution in [2.24, 2.45) is 0 Å². The van der Waals surface area contributed by atoms with Crippen molar-refractivity contribution in [3.63, 3.8) is 0 Å². The molecule has 128 valence electrons. The Morgan fingerprint density at radius 2 is 1.87 bits per heavy atom. The molecule has 0 spiro atoms. The zero-order chi connectivity index (χ0) is 17.1. The average molecular weight is 322 g/mol. The SMILES string of the molecule is COC(=O)[C@H](Cc1ccccc1)NC(=O)NCCCOC(C)C. The molecule has 6 nitrogen and oxygen atoms in total. The highest BCUT2D eigenvalue weighted by Gasteiger charge is 2.21. The quantitative estimate of drug-likeness (QED) is 0.538. The fourth-order valence-electron chi connectivity index (χ4n) is 1.99. The summed E-state index contributed by atoms with van der Waals surface area (Å²) in [7, 11) is 1.31. The van der Waals surface area contributed by atoms with E-state index in [0.717, 1.165) is 5.56 Å². The van der Waals surface area contributed by atoms with E-state index in [0.29, 0.717) is 26.0 Å². The van der Waals surface area contributed by atoms with Crippen LogP contribution in [0, 0.1) is 0 Å². The van der Waals surface area contributed by atoms with Gasteiger partial charge in [-0.15, -0.1) is 0 Å². The summed E-state index contributed by atoms with van der Waals surface area (Å²) in [5.41, 5.74) is 0.952. The molecule has 0 fully saturated rings. The summed E-state index contributed by atoms with van der Waals surface area (Å²) in [4.78, 5) is 23.7. The second-order valence-corrected chi connectivity index (χ2v) is 5.44. The lowest BCUT2D eigenvalue weighted by Crippen LogP contribution is -2.47. The highest BCUT2D eigenvalue weighted by molar-refractivity contribution is 5.83. The van der Waals surface area contributed by atoms with Crippen LogP contribution in [0.4, 0.5) is 4.79 Å². The Bertz CT molecular complexity index is 477. The summed E-state index contributed by atoms with van der Waals surface area (Å²) in [6.45, 7) is 5.00. The van der Waals surface area contributed by atoms with E-state index >= 15 is 0 Å². The lowest BCUT2D eigenvalue weighted by atomic mass is 10.1. The van der Waals surface area contributed by atoms with E-state index in [-0.39, 0.29) is 12.1 Å². The van der Waals surface area contributed by atoms with Gasteiger partial charge in [0.25, 0.3) is 0 Å². The van der Waals surface area contributed by atoms with E-state index < -0.39 is 12.0 Å². The molecule has 1 atom stereocenters. The summed E-state index contributed by atoms with van der Waals surface area (Å²) in [6, 6.07) is 8.38. The van der Waals surface area contributed by atoms with E-state index in [1.165, 1.54) is 7.11 Å². The fourth-order valence-corrected chi connectivity index (χ4v) is 1.99. The van der Waals surface area contributed by atoms with Crippen LogP contribution in [-0.4, -0.2) is 44.4 Å². The summed E-state index contributed by atoms with van der Waals surface area (Å²) in [5, 5.41) is 5.36. The number of carbonyl (C=O) groups is 2. The first-order chi connectivity index (χ1) is 11.0. The number of carbonyl (C=O) groups excluding carboxylic acids is 2. The van der Waals surface area contributed by atoms with Crippen LogP contribution >= 0.6 is 0 Å². The molecule has 0 aliphatic rings. The summed E-state index contributed by atoms with van der Waals surface area (Å²) < 4.78 is 10.1. The predicted molar refractivity (Wildman–Crippen MR) is 88.2 cm³/mol. The minimum atomic E-state index is -0.714. The third-order valence-electron chi connectivity index (χ3n) is 3.13. The highest BCUT2D eigenvalue weighted by Crippen LogP contribution is 2.04. The van der Waals surface area contributed by atoms with Gasteiger partial charge in [0.05, 0.1) is 13.2 Å². The van der Waals surface area contributed by atoms with Gasteiger partial charge >= 0.3 is 12.0 Å². The van der Waals surface area contributed by atoms with Gasteiger partial charge in [0, 0.05) is 19.6 Å². The van der Waals surface area contributed by atoms with Gasteiger partial charge in [-0.2, -0.15) is 0 Å². The molecule has 1 aromatic carbocycles. The number of ether oxygens (including phenoxy) is 2. The van der Waals surface area contributed by atoms with Crippen LogP contribution in [0.3, 0.4) is 0 Å². The van der Waals surface area contributed by atoms with Crippen LogP contribution in [0.25, 0.3) is 0 Å². The van der Waals surface area contributed by atoms with Crippen molar-refractivity contribution in [1.82, 2.24) is 10.6 Å². The zero-order valence-electron chi connectivity index (χ0n) is 14.0. The van der Waals surface area contributed by atoms with Crippen molar-refractivity contribution in [3.8, 4) is 0 Å². The number of nitrogens with one attached hydrogen (secondary N) is 2. The second-order valence-electron chi connectivity index (χ2n) is 5.44. The van der Waals surface area contributed by atoms with Crippen LogP contribution in [0.5, 0.6) is 0 Å². The first kappa shape index (κ1) is 19.0. The van der Waals surface area contributed by atoms with Crippen molar-refractivity contribution >= 4 is 12.0 Å². The minimum absolute atomic E-state index is 0.179. The van der Waals surface area contributed by atoms with Crippen LogP contribution in [0.1, 0.15) is 25.8 Å². The molecule has 0 aromatic heterocycles. The third kappa shape index (κ3) is 8.21. The number of rotatable bonds is 9. The molecule has 0 aliphatic heterocycles. The van der Waals surface area contributed by atoms with E-state index in [2.05, 4.69) is 10.6 Å². The maximum atomic E-state index is 11.9. The van der Waals surface area contributed by atoms with Gasteiger partial charge in [-0.3, -0.25) is 0 Å². The standard InChI is InChI=1S/C17H26N2O4/c1-13(2)23-11-7-10-18-17(21)19-15(16(20)22-3)12-14-8-5-4-6-9-14/h4-6,8-9,13,15H,7,10-12H2,1-3H3,(H2,18,19,21)/t15-/m0/s1. The van der Waals surface area contributed by atoms with Gasteiger partial charge in [-0.1, -0.05) is 30.3 Å². The Morgan fingerprint density at radius 3 is 2.48 bits per heavy atom. The number of amides is 2. The van der Waals surface area contributed by atoms with Crippen LogP contribution in [-0.2, 0) is 20.7 Å². The topological polar surface area (TPSA) is 76.7 Å². The van der Waals surface area contributed by atoms with Gasteiger partial charge in [0.2, 0.25) is 0 Å². The molecule has 2 N–H and O–H groups in total. The molecular formula is C17H26N2O4. The first-order valence-electron chi connectivity index (χ1n) is 7.80. The lowest BCUT2D eigenvalue weighted by molar-refractivity contribution is -0.142. The second kappa shape index (κ2) is 10.6. The van der Waals surface area contributed by atoms with Gasteiger partial charge in [0.1, 0.15) is 6.04 Å². The van der Waals surface area contributed by atoms with Crippen molar-refractivity contribution in [1.29, 1.82) is 0 Å². The van der Waals surface area contributed by atoms with Gasteiger partial charge in [0.15, 0.2) is 0 Å². The van der Waals surface area contributed by atoms with Crippen LogP contribution in [0.15, 0.2) is 30.3 Å². The van der Waals surface area contributed by atoms with Gasteiger partial charge < -0.3 is 20.1 Å². The number of esters is 1. The zero-order valence-corrected chi connectivity index (χ0v) is 14.0. The minimum Gasteiger partial charge on any atom is -0.467 e. The molecule has 0 aliphatic carbocycles. The molecule has 1 aromatic rings. The molecule has 6 heteroatoms. The van der Waals surface area contributed by atoms with E-state index in [1.807, 2.05) is 44.2 Å². The maximum Gasteiger partial charge on any atom is 0.328 e. The molecule has 0 bridgehead atoms. The van der Waals surface area contributed by atoms with Crippen molar-refractivity contribution < 1.29 is 19.1 Å². The van der Waals surface area contributed by atoms with Crippen molar-refractivity contribution in [2.45, 2.75) is 38.8 Å². The monoisotopic (exact) mass is 322 g/mol. The van der Waals surface area contributed by atoms with Crippen molar-refractivity contribution in [2.75, 3.05) is 20.3 Å². The number of hydrogen-bond donors (Lipinski definition) is 2. The Morgan fingerprint density at radius 1 is 1.17 bits per heavy atom. The van der Waals surface area contributed by atoms with Gasteiger partial charge in [-0.05, 0) is 25.8 Å². The molecule has 1 rings (SSSR count). The molecule has 0 heterocycles. The van der Waals surface area contributed by atoms with Crippen LogP contribution < -0.4 is 10.6 Å². The highest BCUT2D eigenvalue weighted by atomic mass is 16.5. The Balaban J connectivity index is 2.41. The molecule has 0 saturated carbocycles. The third-order valence-corrected chi connectivity index (χ3v) is 3.13. The molecule has 23 heavy (non-hydrogen) atoms. The molecule has 0 radical (unpaired) electrons.